The maximum atomic E-state index is 13.1. The van der Waals surface area contributed by atoms with E-state index in [1.807, 2.05) is 51.1 Å². The van der Waals surface area contributed by atoms with Gasteiger partial charge in [-0.2, -0.15) is 0 Å². The number of hydrogen-bond acceptors (Lipinski definition) is 9. The fourth-order valence-corrected chi connectivity index (χ4v) is 5.76. The number of carbonyl (C=O) groups excluding carboxylic acids is 2. The first-order valence-corrected chi connectivity index (χ1v) is 19.3. The zero-order valence-electron chi connectivity index (χ0n) is 35.2. The Labute approximate surface area is 342 Å². The van der Waals surface area contributed by atoms with Crippen molar-refractivity contribution in [3.05, 3.63) is 95.9 Å². The summed E-state index contributed by atoms with van der Waals surface area (Å²) in [5.41, 5.74) is 7.34. The van der Waals surface area contributed by atoms with Crippen molar-refractivity contribution in [3.63, 3.8) is 0 Å². The zero-order valence-corrected chi connectivity index (χ0v) is 35.2. The molecule has 1 heterocycles. The molecule has 0 spiro atoms. The van der Waals surface area contributed by atoms with Gasteiger partial charge in [-0.1, -0.05) is 95.3 Å². The number of nitrogens with zero attached hydrogens (tertiary/aromatic N) is 5. The number of rotatable bonds is 19. The molecule has 0 unspecified atom stereocenters. The number of nitrogen functional groups attached to an aromatic ring is 1. The van der Waals surface area contributed by atoms with E-state index in [1.165, 1.54) is 12.0 Å². The summed E-state index contributed by atoms with van der Waals surface area (Å²) in [6.45, 7) is 16.7. The maximum Gasteiger partial charge on any atom is 0.242 e. The fourth-order valence-electron chi connectivity index (χ4n) is 5.76. The molecule has 308 valence electrons. The Balaban J connectivity index is 0.00000218. The first-order chi connectivity index (χ1) is 27.6. The van der Waals surface area contributed by atoms with Crippen molar-refractivity contribution < 1.29 is 14.3 Å². The smallest absolute Gasteiger partial charge is 0.242 e. The summed E-state index contributed by atoms with van der Waals surface area (Å²) in [5, 5.41) is 7.62. The largest absolute Gasteiger partial charge is 0.483 e. The van der Waals surface area contributed by atoms with Crippen molar-refractivity contribution in [2.45, 2.75) is 73.3 Å². The summed E-state index contributed by atoms with van der Waals surface area (Å²) in [5.74, 6) is 14.3. The van der Waals surface area contributed by atoms with Crippen LogP contribution in [0.3, 0.4) is 0 Å². The average Bonchev–Trinajstić information content (AvgIpc) is 4.02. The SMILES string of the molecule is C#C.C#C.C=C(CN(CCC)C(=O)CNC)N(N)/C(=C\C)c1ccc(-c2ccc(-c3cnc(CN(CCC)C(=O)CNC(OC)=C4CC4)n3N)cc2)cc1.CCC. The van der Waals surface area contributed by atoms with E-state index in [0.717, 1.165) is 59.3 Å². The van der Waals surface area contributed by atoms with Crippen LogP contribution in [0, 0.1) is 25.7 Å². The van der Waals surface area contributed by atoms with Gasteiger partial charge in [-0.05, 0) is 61.9 Å². The maximum absolute atomic E-state index is 13.1. The van der Waals surface area contributed by atoms with Crippen molar-refractivity contribution in [2.24, 2.45) is 5.84 Å². The van der Waals surface area contributed by atoms with E-state index in [9.17, 15) is 9.59 Å². The number of methoxy groups -OCH3 is 1. The van der Waals surface area contributed by atoms with E-state index in [-0.39, 0.29) is 24.9 Å². The van der Waals surface area contributed by atoms with Crippen LogP contribution in [0.4, 0.5) is 0 Å². The first-order valence-electron chi connectivity index (χ1n) is 19.3. The van der Waals surface area contributed by atoms with Gasteiger partial charge in [0.05, 0.1) is 50.9 Å². The molecule has 0 atom stereocenters. The number of nitrogens with one attached hydrogen (secondary N) is 2. The number of aromatic nitrogens is 2. The van der Waals surface area contributed by atoms with Gasteiger partial charge in [-0.3, -0.25) is 14.6 Å². The van der Waals surface area contributed by atoms with Crippen molar-refractivity contribution >= 4 is 17.5 Å². The van der Waals surface area contributed by atoms with Gasteiger partial charge in [0.2, 0.25) is 11.8 Å². The molecule has 0 radical (unpaired) electrons. The van der Waals surface area contributed by atoms with Crippen LogP contribution < -0.4 is 22.3 Å². The lowest BCUT2D eigenvalue weighted by Crippen LogP contribution is -2.42. The molecule has 3 aromatic rings. The molecular weight excluding hydrogens is 715 g/mol. The van der Waals surface area contributed by atoms with Crippen LogP contribution in [0.1, 0.15) is 78.1 Å². The van der Waals surface area contributed by atoms with Gasteiger partial charge < -0.3 is 31.0 Å². The van der Waals surface area contributed by atoms with Crippen molar-refractivity contribution in [3.8, 4) is 48.1 Å². The summed E-state index contributed by atoms with van der Waals surface area (Å²) in [7, 11) is 3.38. The van der Waals surface area contributed by atoms with Gasteiger partial charge in [0.25, 0.3) is 0 Å². The number of hydrazine groups is 1. The standard InChI is InChI=1S/C38H53N9O3.C3H8.2C2H2/c1-7-20-44(36(48)23-41-5)25-27(4)46(39)33(9-3)30-14-10-28(11-15-30)29-12-16-31(17-13-29)34-22-42-35(47(34)40)26-45(21-8-2)37(49)24-43-38(50-6)32-18-19-32;1-3-2;2*1-2/h9-17,22,41,43H,4,7-8,18-21,23-26,39-40H2,1-3,5-6H3;3H2,1-2H3;2*1-2H/b33-9-;;;. The first kappa shape index (κ1) is 49.1. The monoisotopic (exact) mass is 780 g/mol. The number of hydrogen-bond donors (Lipinski definition) is 4. The molecule has 6 N–H and O–H groups in total. The lowest BCUT2D eigenvalue weighted by atomic mass is 10.0. The minimum atomic E-state index is -0.0384. The number of imidazole rings is 1. The van der Waals surface area contributed by atoms with Crippen LogP contribution in [0.15, 0.2) is 84.5 Å². The molecule has 1 fully saturated rings. The number of ether oxygens (including phenoxy) is 1. The summed E-state index contributed by atoms with van der Waals surface area (Å²) in [4.78, 5) is 33.7. The third kappa shape index (κ3) is 14.9. The highest BCUT2D eigenvalue weighted by Gasteiger charge is 2.22. The second kappa shape index (κ2) is 26.8. The summed E-state index contributed by atoms with van der Waals surface area (Å²) >= 11 is 0. The topological polar surface area (TPSA) is 147 Å². The highest BCUT2D eigenvalue weighted by Crippen LogP contribution is 2.31. The number of likely N-dealkylation sites (N-methyl/N-ethyl adjacent to an activating group) is 1. The quantitative estimate of drug-likeness (QED) is 0.0474. The summed E-state index contributed by atoms with van der Waals surface area (Å²) in [6, 6.07) is 16.3. The molecule has 12 nitrogen and oxygen atoms in total. The van der Waals surface area contributed by atoms with E-state index >= 15 is 0 Å². The summed E-state index contributed by atoms with van der Waals surface area (Å²) in [6.07, 6.45) is 24.6. The number of amides is 2. The van der Waals surface area contributed by atoms with Crippen LogP contribution in [-0.2, 0) is 20.9 Å². The van der Waals surface area contributed by atoms with E-state index in [4.69, 9.17) is 16.4 Å². The minimum Gasteiger partial charge on any atom is -0.483 e. The van der Waals surface area contributed by atoms with Crippen LogP contribution in [0.5, 0.6) is 0 Å². The Bertz CT molecular complexity index is 1780. The Hall–Kier alpha value is -5.95. The van der Waals surface area contributed by atoms with Gasteiger partial charge in [0.1, 0.15) is 5.82 Å². The molecular formula is C45H65N9O3. The molecule has 57 heavy (non-hydrogen) atoms. The Kier molecular flexibility index (Phi) is 23.1. The van der Waals surface area contributed by atoms with E-state index in [2.05, 4.69) is 86.0 Å². The predicted octanol–water partition coefficient (Wildman–Crippen LogP) is 6.33. The van der Waals surface area contributed by atoms with Crippen LogP contribution in [0.25, 0.3) is 28.1 Å². The van der Waals surface area contributed by atoms with Gasteiger partial charge in [-0.15, -0.1) is 25.7 Å². The predicted molar refractivity (Wildman–Crippen MR) is 236 cm³/mol. The van der Waals surface area contributed by atoms with Crippen molar-refractivity contribution in [1.82, 2.24) is 35.1 Å². The number of allylic oxidation sites excluding steroid dienone is 2. The lowest BCUT2D eigenvalue weighted by molar-refractivity contribution is -0.131. The molecule has 1 aromatic heterocycles. The van der Waals surface area contributed by atoms with E-state index < -0.39 is 0 Å². The minimum absolute atomic E-state index is 0.00943. The third-order valence-corrected chi connectivity index (χ3v) is 8.59. The van der Waals surface area contributed by atoms with Crippen molar-refractivity contribution in [1.29, 1.82) is 0 Å². The lowest BCUT2D eigenvalue weighted by Gasteiger charge is -2.29. The number of terminal acetylenes is 2. The van der Waals surface area contributed by atoms with Gasteiger partial charge >= 0.3 is 0 Å². The second-order valence-electron chi connectivity index (χ2n) is 13.1. The summed E-state index contributed by atoms with van der Waals surface area (Å²) < 4.78 is 6.95. The average molecular weight is 780 g/mol. The van der Waals surface area contributed by atoms with Crippen molar-refractivity contribution in [2.75, 3.05) is 52.7 Å². The molecule has 12 heteroatoms. The zero-order chi connectivity index (χ0) is 42.9. The van der Waals surface area contributed by atoms with Gasteiger partial charge in [0, 0.05) is 24.4 Å². The number of benzene rings is 2. The van der Waals surface area contributed by atoms with Gasteiger partial charge in [0.15, 0.2) is 5.88 Å². The molecule has 0 bridgehead atoms. The molecule has 2 aromatic carbocycles. The van der Waals surface area contributed by atoms with Crippen LogP contribution >= 0.6 is 0 Å². The fraction of sp³-hybridized carbons (Fsp3) is 0.400. The Morgan fingerprint density at radius 3 is 1.89 bits per heavy atom. The second-order valence-corrected chi connectivity index (χ2v) is 13.1. The molecule has 0 aliphatic heterocycles. The van der Waals surface area contributed by atoms with Crippen LogP contribution in [-0.4, -0.2) is 83.2 Å². The van der Waals surface area contributed by atoms with E-state index in [1.54, 1.807) is 39.8 Å². The molecule has 1 saturated carbocycles. The van der Waals surface area contributed by atoms with Crippen LogP contribution in [0.2, 0.25) is 0 Å². The van der Waals surface area contributed by atoms with E-state index in [0.29, 0.717) is 43.6 Å². The molecule has 1 aliphatic rings. The third-order valence-electron chi connectivity index (χ3n) is 8.59. The molecule has 2 amide bonds. The Morgan fingerprint density at radius 1 is 0.895 bits per heavy atom. The molecule has 4 rings (SSSR count). The molecule has 1 aliphatic carbocycles. The highest BCUT2D eigenvalue weighted by atomic mass is 16.5. The molecule has 0 saturated heterocycles. The number of nitrogens with two attached hydrogens (primary N) is 2. The normalized spacial score (nSPS) is 11.2. The van der Waals surface area contributed by atoms with Gasteiger partial charge in [-0.25, -0.2) is 15.5 Å². The highest BCUT2D eigenvalue weighted by molar-refractivity contribution is 5.79. The number of carbonyl (C=O) groups is 2. The Morgan fingerprint density at radius 2 is 1.40 bits per heavy atom.